The van der Waals surface area contributed by atoms with Gasteiger partial charge in [0.15, 0.2) is 0 Å². The minimum absolute atomic E-state index is 0.0271. The summed E-state index contributed by atoms with van der Waals surface area (Å²) in [5.74, 6) is -3.25. The number of hydrogen-bond acceptors (Lipinski definition) is 8. The molecule has 0 spiro atoms. The predicted molar refractivity (Wildman–Crippen MR) is 99.5 cm³/mol. The van der Waals surface area contributed by atoms with Gasteiger partial charge in [0.25, 0.3) is 17.7 Å². The van der Waals surface area contributed by atoms with E-state index in [0.717, 1.165) is 9.80 Å². The first-order valence-corrected chi connectivity index (χ1v) is 8.81. The molecule has 2 aliphatic rings. The van der Waals surface area contributed by atoms with E-state index in [9.17, 15) is 24.0 Å². The number of β-amino-alcohol motifs (C(OH)–C–C–N with tert-alkyl or cyclic N) is 1. The zero-order valence-corrected chi connectivity index (χ0v) is 15.7. The number of aliphatic carboxylic acids is 1. The lowest BCUT2D eigenvalue weighted by molar-refractivity contribution is -0.152. The number of rotatable bonds is 4. The lowest BCUT2D eigenvalue weighted by Crippen LogP contribution is -2.56. The maximum atomic E-state index is 12.5. The molecule has 0 saturated carbocycles. The molecular weight excluding hydrogens is 384 g/mol. The van der Waals surface area contributed by atoms with Crippen LogP contribution in [0.2, 0.25) is 0 Å². The Bertz CT molecular complexity index is 868. The molecule has 2 aliphatic heterocycles. The van der Waals surface area contributed by atoms with E-state index in [1.807, 2.05) is 0 Å². The molecule has 1 fully saturated rings. The molecule has 1 saturated heterocycles. The Balaban J connectivity index is 0.000000438. The Morgan fingerprint density at radius 1 is 1.24 bits per heavy atom. The average Bonchev–Trinajstić information content (AvgIpc) is 2.91. The molecule has 1 aromatic carbocycles. The van der Waals surface area contributed by atoms with Crippen molar-refractivity contribution in [2.24, 2.45) is 5.73 Å². The van der Waals surface area contributed by atoms with Crippen molar-refractivity contribution in [3.05, 3.63) is 29.3 Å². The summed E-state index contributed by atoms with van der Waals surface area (Å²) in [7, 11) is 0. The second-order valence-electron chi connectivity index (χ2n) is 6.54. The van der Waals surface area contributed by atoms with Crippen molar-refractivity contribution in [2.45, 2.75) is 31.8 Å². The molecule has 11 heteroatoms. The Hall–Kier alpha value is -3.31. The van der Waals surface area contributed by atoms with Crippen LogP contribution in [0, 0.1) is 0 Å². The highest BCUT2D eigenvalue weighted by Gasteiger charge is 2.47. The summed E-state index contributed by atoms with van der Waals surface area (Å²) in [6.45, 7) is 0.890. The number of benzene rings is 1. The lowest BCUT2D eigenvalue weighted by atomic mass is 10.0. The van der Waals surface area contributed by atoms with Gasteiger partial charge < -0.3 is 21.7 Å². The molecular formula is C18H22N4O7. The SMILES string of the molecule is C[C@H](N)C(=O)O.Nc1cccc2c1C(=O)N(C1CCC(=O)N(CCO)C1=O)C2=O. The first kappa shape index (κ1) is 22.0. The van der Waals surface area contributed by atoms with Gasteiger partial charge in [0.05, 0.1) is 24.3 Å². The van der Waals surface area contributed by atoms with Crippen LogP contribution in [0.25, 0.3) is 0 Å². The third-order valence-corrected chi connectivity index (χ3v) is 4.49. The molecule has 29 heavy (non-hydrogen) atoms. The number of nitrogen functional groups attached to an aromatic ring is 1. The first-order chi connectivity index (χ1) is 13.6. The van der Waals surface area contributed by atoms with Gasteiger partial charge in [-0.1, -0.05) is 6.07 Å². The van der Waals surface area contributed by atoms with Crippen molar-refractivity contribution in [3.63, 3.8) is 0 Å². The number of hydrogen-bond donors (Lipinski definition) is 4. The number of likely N-dealkylation sites (tertiary alicyclic amines) is 1. The molecule has 1 unspecified atom stereocenters. The number of carbonyl (C=O) groups excluding carboxylic acids is 4. The lowest BCUT2D eigenvalue weighted by Gasteiger charge is -2.34. The predicted octanol–water partition coefficient (Wildman–Crippen LogP) is -1.21. The van der Waals surface area contributed by atoms with Crippen LogP contribution in [-0.4, -0.2) is 74.8 Å². The van der Waals surface area contributed by atoms with Crippen LogP contribution in [0.3, 0.4) is 0 Å². The van der Waals surface area contributed by atoms with Gasteiger partial charge in [0.2, 0.25) is 5.91 Å². The maximum Gasteiger partial charge on any atom is 0.320 e. The van der Waals surface area contributed by atoms with Gasteiger partial charge in [0.1, 0.15) is 12.1 Å². The second-order valence-corrected chi connectivity index (χ2v) is 6.54. The summed E-state index contributed by atoms with van der Waals surface area (Å²) < 4.78 is 0. The molecule has 1 aromatic rings. The fourth-order valence-corrected chi connectivity index (χ4v) is 3.01. The number of imide groups is 2. The highest BCUT2D eigenvalue weighted by atomic mass is 16.4. The number of aliphatic hydroxyl groups excluding tert-OH is 1. The van der Waals surface area contributed by atoms with Crippen LogP contribution < -0.4 is 11.5 Å². The molecule has 6 N–H and O–H groups in total. The second kappa shape index (κ2) is 8.80. The average molecular weight is 406 g/mol. The highest BCUT2D eigenvalue weighted by molar-refractivity contribution is 6.25. The maximum absolute atomic E-state index is 12.5. The molecule has 2 heterocycles. The van der Waals surface area contributed by atoms with E-state index in [4.69, 9.17) is 21.7 Å². The fourth-order valence-electron chi connectivity index (χ4n) is 3.01. The van der Waals surface area contributed by atoms with Crippen LogP contribution in [0.5, 0.6) is 0 Å². The van der Waals surface area contributed by atoms with Gasteiger partial charge in [-0.3, -0.25) is 33.8 Å². The third kappa shape index (κ3) is 4.25. The van der Waals surface area contributed by atoms with Gasteiger partial charge in [-0.2, -0.15) is 0 Å². The summed E-state index contributed by atoms with van der Waals surface area (Å²) in [5, 5.41) is 16.8. The molecule has 0 bridgehead atoms. The van der Waals surface area contributed by atoms with Gasteiger partial charge in [-0.25, -0.2) is 0 Å². The number of carboxylic acids is 1. The zero-order valence-electron chi connectivity index (χ0n) is 15.7. The minimum atomic E-state index is -1.05. The van der Waals surface area contributed by atoms with Gasteiger partial charge in [-0.05, 0) is 25.5 Å². The Morgan fingerprint density at radius 3 is 2.38 bits per heavy atom. The van der Waals surface area contributed by atoms with Gasteiger partial charge >= 0.3 is 5.97 Å². The van der Waals surface area contributed by atoms with E-state index in [2.05, 4.69) is 0 Å². The van der Waals surface area contributed by atoms with Crippen LogP contribution in [-0.2, 0) is 14.4 Å². The minimum Gasteiger partial charge on any atom is -0.480 e. The van der Waals surface area contributed by atoms with Crippen LogP contribution in [0.1, 0.15) is 40.5 Å². The number of carbonyl (C=O) groups is 5. The topological polar surface area (TPSA) is 184 Å². The van der Waals surface area contributed by atoms with E-state index in [1.165, 1.54) is 19.1 Å². The zero-order chi connectivity index (χ0) is 21.9. The van der Waals surface area contributed by atoms with Crippen LogP contribution in [0.4, 0.5) is 5.69 Å². The number of carboxylic acid groups (broad SMARTS) is 1. The quantitative estimate of drug-likeness (QED) is 0.352. The normalized spacial score (nSPS) is 19.6. The fraction of sp³-hybridized carbons (Fsp3) is 0.389. The monoisotopic (exact) mass is 406 g/mol. The van der Waals surface area contributed by atoms with Crippen molar-refractivity contribution >= 4 is 35.3 Å². The number of piperidine rings is 1. The van der Waals surface area contributed by atoms with Gasteiger partial charge in [-0.15, -0.1) is 0 Å². The van der Waals surface area contributed by atoms with Crippen molar-refractivity contribution in [1.82, 2.24) is 9.80 Å². The summed E-state index contributed by atoms with van der Waals surface area (Å²) in [4.78, 5) is 60.6. The van der Waals surface area contributed by atoms with E-state index in [1.54, 1.807) is 6.07 Å². The number of aliphatic hydroxyl groups is 1. The Kier molecular flexibility index (Phi) is 6.67. The molecule has 0 aromatic heterocycles. The summed E-state index contributed by atoms with van der Waals surface area (Å²) in [6.07, 6.45) is 0.101. The Morgan fingerprint density at radius 2 is 1.86 bits per heavy atom. The number of amides is 4. The molecule has 3 rings (SSSR count). The smallest absolute Gasteiger partial charge is 0.320 e. The van der Waals surface area contributed by atoms with Crippen molar-refractivity contribution < 1.29 is 34.2 Å². The summed E-state index contributed by atoms with van der Waals surface area (Å²) in [5.41, 5.74) is 11.0. The third-order valence-electron chi connectivity index (χ3n) is 4.49. The molecule has 2 atom stereocenters. The summed E-state index contributed by atoms with van der Waals surface area (Å²) >= 11 is 0. The first-order valence-electron chi connectivity index (χ1n) is 8.81. The molecule has 0 aliphatic carbocycles. The number of nitrogens with two attached hydrogens (primary N) is 2. The number of anilines is 1. The van der Waals surface area contributed by atoms with Crippen molar-refractivity contribution in [3.8, 4) is 0 Å². The standard InChI is InChI=1S/C15H15N3O5.C3H7NO2/c16-9-3-1-2-8-12(9)15(23)18(13(8)21)10-4-5-11(20)17(6-7-19)14(10)22;1-2(4)3(5)6/h1-3,10,19H,4-7,16H2;2H,4H2,1H3,(H,5,6)/t;2-/m.0/s1. The van der Waals surface area contributed by atoms with Crippen molar-refractivity contribution in [1.29, 1.82) is 0 Å². The molecule has 4 amide bonds. The number of fused-ring (bicyclic) bond motifs is 1. The number of nitrogens with zero attached hydrogens (tertiary/aromatic N) is 2. The summed E-state index contributed by atoms with van der Waals surface area (Å²) in [6, 6.07) is 2.77. The van der Waals surface area contributed by atoms with Crippen molar-refractivity contribution in [2.75, 3.05) is 18.9 Å². The molecule has 11 nitrogen and oxygen atoms in total. The van der Waals surface area contributed by atoms with E-state index in [0.29, 0.717) is 0 Å². The van der Waals surface area contributed by atoms with Gasteiger partial charge in [0, 0.05) is 12.1 Å². The Labute approximate surface area is 165 Å². The molecule has 156 valence electrons. The van der Waals surface area contributed by atoms with Crippen LogP contribution in [0.15, 0.2) is 18.2 Å². The van der Waals surface area contributed by atoms with E-state index in [-0.39, 0.29) is 42.8 Å². The highest BCUT2D eigenvalue weighted by Crippen LogP contribution is 2.31. The van der Waals surface area contributed by atoms with Crippen LogP contribution >= 0.6 is 0 Å². The largest absolute Gasteiger partial charge is 0.480 e. The van der Waals surface area contributed by atoms with E-state index < -0.39 is 41.7 Å². The molecule has 0 radical (unpaired) electrons. The van der Waals surface area contributed by atoms with E-state index >= 15 is 0 Å².